The number of carbonyl (C=O) groups excluding carboxylic acids is 1. The summed E-state index contributed by atoms with van der Waals surface area (Å²) in [5.74, 6) is 1.12. The number of nitrogens with zero attached hydrogens (tertiary/aromatic N) is 1. The molecule has 31 heavy (non-hydrogen) atoms. The normalized spacial score (nSPS) is 15.3. The van der Waals surface area contributed by atoms with Crippen LogP contribution in [0.1, 0.15) is 42.4 Å². The first-order valence-corrected chi connectivity index (χ1v) is 11.4. The number of thioether (sulfide) groups is 1. The number of benzene rings is 2. The summed E-state index contributed by atoms with van der Waals surface area (Å²) in [6.45, 7) is 2.69. The first-order valence-electron chi connectivity index (χ1n) is 10.1. The second-order valence-electron chi connectivity index (χ2n) is 7.24. The largest absolute Gasteiger partial charge is 0.494 e. The lowest BCUT2D eigenvalue weighted by molar-refractivity contribution is -0.116. The van der Waals surface area contributed by atoms with Gasteiger partial charge in [0.25, 0.3) is 5.56 Å². The second kappa shape index (κ2) is 9.58. The third kappa shape index (κ3) is 4.94. The molecule has 4 rings (SSSR count). The van der Waals surface area contributed by atoms with E-state index in [4.69, 9.17) is 16.3 Å². The van der Waals surface area contributed by atoms with Crippen molar-refractivity contribution in [1.82, 2.24) is 9.97 Å². The number of nitrogens with one attached hydrogen (secondary N) is 2. The molecule has 2 N–H and O–H groups in total. The first kappa shape index (κ1) is 21.5. The van der Waals surface area contributed by atoms with Gasteiger partial charge in [0.05, 0.1) is 12.2 Å². The van der Waals surface area contributed by atoms with Gasteiger partial charge >= 0.3 is 0 Å². The molecule has 3 aromatic rings. The topological polar surface area (TPSA) is 84.1 Å². The van der Waals surface area contributed by atoms with Crippen molar-refractivity contribution in [3.63, 3.8) is 0 Å². The van der Waals surface area contributed by atoms with Gasteiger partial charge in [-0.1, -0.05) is 60.6 Å². The zero-order valence-electron chi connectivity index (χ0n) is 17.0. The molecule has 0 fully saturated rings. The molecule has 0 saturated heterocycles. The van der Waals surface area contributed by atoms with E-state index in [0.29, 0.717) is 33.9 Å². The first-order chi connectivity index (χ1) is 15.0. The van der Waals surface area contributed by atoms with E-state index in [0.717, 1.165) is 23.3 Å². The molecular formula is C23H22ClN3O3S. The molecule has 0 spiro atoms. The highest BCUT2D eigenvalue weighted by molar-refractivity contribution is 7.98. The molecule has 1 amide bonds. The lowest BCUT2D eigenvalue weighted by atomic mass is 9.87. The number of aromatic nitrogens is 2. The Morgan fingerprint density at radius 2 is 1.94 bits per heavy atom. The minimum Gasteiger partial charge on any atom is -0.494 e. The van der Waals surface area contributed by atoms with Crippen molar-refractivity contribution in [2.75, 3.05) is 11.9 Å². The molecule has 160 valence electrons. The van der Waals surface area contributed by atoms with E-state index in [1.807, 2.05) is 55.5 Å². The fourth-order valence-electron chi connectivity index (χ4n) is 3.48. The molecule has 2 aromatic carbocycles. The molecule has 1 unspecified atom stereocenters. The fourth-order valence-corrected chi connectivity index (χ4v) is 4.63. The number of anilines is 1. The van der Waals surface area contributed by atoms with Crippen LogP contribution in [0.15, 0.2) is 58.5 Å². The summed E-state index contributed by atoms with van der Waals surface area (Å²) in [4.78, 5) is 32.7. The summed E-state index contributed by atoms with van der Waals surface area (Å²) in [7, 11) is 0. The molecule has 1 aliphatic rings. The van der Waals surface area contributed by atoms with Crippen molar-refractivity contribution < 1.29 is 9.53 Å². The maximum Gasteiger partial charge on any atom is 0.257 e. The molecule has 1 aromatic heterocycles. The van der Waals surface area contributed by atoms with E-state index in [1.54, 1.807) is 0 Å². The van der Waals surface area contributed by atoms with Crippen LogP contribution in [0.25, 0.3) is 0 Å². The van der Waals surface area contributed by atoms with Crippen molar-refractivity contribution in [2.45, 2.75) is 36.6 Å². The van der Waals surface area contributed by atoms with Crippen LogP contribution in [0.5, 0.6) is 5.75 Å². The molecular weight excluding hydrogens is 434 g/mol. The van der Waals surface area contributed by atoms with Gasteiger partial charge in [-0.15, -0.1) is 0 Å². The van der Waals surface area contributed by atoms with E-state index >= 15 is 0 Å². The Morgan fingerprint density at radius 3 is 2.68 bits per heavy atom. The highest BCUT2D eigenvalue weighted by atomic mass is 35.5. The zero-order chi connectivity index (χ0) is 21.8. The van der Waals surface area contributed by atoms with Gasteiger partial charge in [0.15, 0.2) is 5.16 Å². The SMILES string of the molecule is CCCOc1ccc(C2CC(=O)Nc3nc(SCc4ccccc4Cl)[nH]c(=O)c32)cc1. The number of rotatable bonds is 7. The minimum absolute atomic E-state index is 0.163. The summed E-state index contributed by atoms with van der Waals surface area (Å²) < 4.78 is 5.63. The zero-order valence-corrected chi connectivity index (χ0v) is 18.6. The molecule has 0 aliphatic carbocycles. The van der Waals surface area contributed by atoms with Crippen LogP contribution in [-0.4, -0.2) is 22.5 Å². The van der Waals surface area contributed by atoms with Gasteiger partial charge in [0, 0.05) is 23.1 Å². The number of H-pyrrole nitrogens is 1. The number of aromatic amines is 1. The highest BCUT2D eigenvalue weighted by Gasteiger charge is 2.31. The molecule has 1 atom stereocenters. The average molecular weight is 456 g/mol. The quantitative estimate of drug-likeness (QED) is 0.387. The Balaban J connectivity index is 1.59. The van der Waals surface area contributed by atoms with Crippen LogP contribution in [0.4, 0.5) is 5.82 Å². The van der Waals surface area contributed by atoms with Crippen molar-refractivity contribution in [1.29, 1.82) is 0 Å². The van der Waals surface area contributed by atoms with Crippen molar-refractivity contribution in [3.05, 3.63) is 80.6 Å². The molecule has 8 heteroatoms. The van der Waals surface area contributed by atoms with Gasteiger partial charge in [-0.25, -0.2) is 4.98 Å². The van der Waals surface area contributed by atoms with Crippen LogP contribution < -0.4 is 15.6 Å². The second-order valence-corrected chi connectivity index (χ2v) is 8.61. The van der Waals surface area contributed by atoms with Gasteiger partial charge in [-0.05, 0) is 35.7 Å². The maximum absolute atomic E-state index is 13.0. The third-order valence-corrected chi connectivity index (χ3v) is 6.30. The number of hydrogen-bond donors (Lipinski definition) is 2. The van der Waals surface area contributed by atoms with E-state index in [-0.39, 0.29) is 23.8 Å². The monoisotopic (exact) mass is 455 g/mol. The van der Waals surface area contributed by atoms with E-state index < -0.39 is 0 Å². The van der Waals surface area contributed by atoms with E-state index in [1.165, 1.54) is 11.8 Å². The average Bonchev–Trinajstić information content (AvgIpc) is 2.76. The highest BCUT2D eigenvalue weighted by Crippen LogP contribution is 2.35. The van der Waals surface area contributed by atoms with Crippen LogP contribution in [0, 0.1) is 0 Å². The fraction of sp³-hybridized carbons (Fsp3) is 0.261. The van der Waals surface area contributed by atoms with E-state index in [2.05, 4.69) is 15.3 Å². The van der Waals surface area contributed by atoms with Gasteiger partial charge < -0.3 is 15.0 Å². The Hall–Kier alpha value is -2.77. The lowest BCUT2D eigenvalue weighted by Crippen LogP contribution is -2.31. The van der Waals surface area contributed by atoms with Gasteiger partial charge in [-0.2, -0.15) is 0 Å². The maximum atomic E-state index is 13.0. The number of halogens is 1. The Bertz CT molecular complexity index is 1150. The van der Waals surface area contributed by atoms with Crippen molar-refractivity contribution in [3.8, 4) is 5.75 Å². The molecule has 6 nitrogen and oxygen atoms in total. The van der Waals surface area contributed by atoms with Crippen molar-refractivity contribution in [2.24, 2.45) is 0 Å². The smallest absolute Gasteiger partial charge is 0.257 e. The van der Waals surface area contributed by atoms with Gasteiger partial charge in [0.1, 0.15) is 11.6 Å². The third-order valence-electron chi connectivity index (χ3n) is 5.01. The van der Waals surface area contributed by atoms with Crippen molar-refractivity contribution >= 4 is 35.1 Å². The Morgan fingerprint density at radius 1 is 1.16 bits per heavy atom. The van der Waals surface area contributed by atoms with Crippen LogP contribution in [-0.2, 0) is 10.5 Å². The molecule has 1 aliphatic heterocycles. The standard InChI is InChI=1S/C23H22ClN3O3S/c1-2-11-30-16-9-7-14(8-10-16)17-12-19(28)25-21-20(17)22(29)27-23(26-21)31-13-15-5-3-4-6-18(15)24/h3-10,17H,2,11-13H2,1H3,(H2,25,26,27,28,29). The number of fused-ring (bicyclic) bond motifs is 1. The predicted octanol–water partition coefficient (Wildman–Crippen LogP) is 4.98. The van der Waals surface area contributed by atoms with Gasteiger partial charge in [0.2, 0.25) is 5.91 Å². The Kier molecular flexibility index (Phi) is 6.63. The number of ether oxygens (including phenoxy) is 1. The lowest BCUT2D eigenvalue weighted by Gasteiger charge is -2.24. The summed E-state index contributed by atoms with van der Waals surface area (Å²) in [6, 6.07) is 15.1. The van der Waals surface area contributed by atoms with Crippen LogP contribution in [0.2, 0.25) is 5.02 Å². The molecule has 2 heterocycles. The summed E-state index contributed by atoms with van der Waals surface area (Å²) in [5.41, 5.74) is 2.05. The predicted molar refractivity (Wildman–Crippen MR) is 123 cm³/mol. The summed E-state index contributed by atoms with van der Waals surface area (Å²) >= 11 is 7.57. The Labute approximate surface area is 189 Å². The van der Waals surface area contributed by atoms with Gasteiger partial charge in [-0.3, -0.25) is 9.59 Å². The molecule has 0 radical (unpaired) electrons. The number of carbonyl (C=O) groups is 1. The van der Waals surface area contributed by atoms with E-state index in [9.17, 15) is 9.59 Å². The number of amides is 1. The summed E-state index contributed by atoms with van der Waals surface area (Å²) in [5, 5.41) is 3.86. The minimum atomic E-state index is -0.358. The molecule has 0 saturated carbocycles. The molecule has 0 bridgehead atoms. The van der Waals surface area contributed by atoms with Crippen LogP contribution in [0.3, 0.4) is 0 Å². The number of hydrogen-bond acceptors (Lipinski definition) is 5. The van der Waals surface area contributed by atoms with Crippen LogP contribution >= 0.6 is 23.4 Å². The summed E-state index contributed by atoms with van der Waals surface area (Å²) in [6.07, 6.45) is 1.12.